The Morgan fingerprint density at radius 1 is 1.21 bits per heavy atom. The molecule has 0 bridgehead atoms. The van der Waals surface area contributed by atoms with Crippen LogP contribution in [0.5, 0.6) is 17.2 Å². The van der Waals surface area contributed by atoms with Crippen LogP contribution in [0.4, 0.5) is 0 Å². The average Bonchev–Trinajstić information content (AvgIpc) is 3.03. The highest BCUT2D eigenvalue weighted by Crippen LogP contribution is 2.47. The number of hydrogen-bond acceptors (Lipinski definition) is 6. The standard InChI is InChI=1S/C18H15NO4S/c1-21-10-7-13(22-2)17-11(9-16(20)23-14(17)8-10)18-19-12-5-3-4-6-15(12)24-18/h3-8,11H,9H2,1-2H3. The molecule has 1 aliphatic rings. The highest BCUT2D eigenvalue weighted by molar-refractivity contribution is 7.18. The van der Waals surface area contributed by atoms with E-state index in [9.17, 15) is 4.79 Å². The van der Waals surface area contributed by atoms with Crippen LogP contribution in [0.15, 0.2) is 36.4 Å². The zero-order chi connectivity index (χ0) is 16.7. The summed E-state index contributed by atoms with van der Waals surface area (Å²) >= 11 is 1.59. The summed E-state index contributed by atoms with van der Waals surface area (Å²) < 4.78 is 17.3. The molecule has 6 heteroatoms. The zero-order valence-corrected chi connectivity index (χ0v) is 14.1. The van der Waals surface area contributed by atoms with Gasteiger partial charge in [0.05, 0.1) is 36.8 Å². The number of fused-ring (bicyclic) bond motifs is 2. The number of esters is 1. The van der Waals surface area contributed by atoms with E-state index in [0.717, 1.165) is 20.8 Å². The summed E-state index contributed by atoms with van der Waals surface area (Å²) in [7, 11) is 3.16. The lowest BCUT2D eigenvalue weighted by Crippen LogP contribution is -2.21. The summed E-state index contributed by atoms with van der Waals surface area (Å²) in [6.07, 6.45) is 0.246. The summed E-state index contributed by atoms with van der Waals surface area (Å²) in [4.78, 5) is 16.8. The van der Waals surface area contributed by atoms with Crippen molar-refractivity contribution in [3.05, 3.63) is 47.0 Å². The smallest absolute Gasteiger partial charge is 0.312 e. The number of nitrogens with zero attached hydrogens (tertiary/aromatic N) is 1. The molecule has 0 saturated heterocycles. The second-order valence-electron chi connectivity index (χ2n) is 5.49. The van der Waals surface area contributed by atoms with Crippen molar-refractivity contribution in [3.8, 4) is 17.2 Å². The summed E-state index contributed by atoms with van der Waals surface area (Å²) in [5.41, 5.74) is 1.78. The average molecular weight is 341 g/mol. The van der Waals surface area contributed by atoms with Crippen LogP contribution >= 0.6 is 11.3 Å². The lowest BCUT2D eigenvalue weighted by Gasteiger charge is -2.25. The molecule has 1 aromatic heterocycles. The van der Waals surface area contributed by atoms with E-state index in [2.05, 4.69) is 0 Å². The SMILES string of the molecule is COc1cc(OC)c2c(c1)OC(=O)CC2c1nc2ccccc2s1. The molecule has 1 unspecified atom stereocenters. The third-order valence-electron chi connectivity index (χ3n) is 4.08. The number of benzene rings is 2. The second-order valence-corrected chi connectivity index (χ2v) is 6.55. The van der Waals surface area contributed by atoms with E-state index in [1.807, 2.05) is 24.3 Å². The van der Waals surface area contributed by atoms with E-state index >= 15 is 0 Å². The van der Waals surface area contributed by atoms with Gasteiger partial charge in [-0.05, 0) is 12.1 Å². The Balaban J connectivity index is 1.90. The zero-order valence-electron chi connectivity index (χ0n) is 13.2. The Morgan fingerprint density at radius 3 is 2.79 bits per heavy atom. The maximum absolute atomic E-state index is 12.1. The van der Waals surface area contributed by atoms with Crippen molar-refractivity contribution in [2.24, 2.45) is 0 Å². The van der Waals surface area contributed by atoms with Gasteiger partial charge < -0.3 is 14.2 Å². The van der Waals surface area contributed by atoms with Gasteiger partial charge in [-0.25, -0.2) is 4.98 Å². The quantitative estimate of drug-likeness (QED) is 0.536. The van der Waals surface area contributed by atoms with Crippen molar-refractivity contribution in [2.45, 2.75) is 12.3 Å². The first-order chi connectivity index (χ1) is 11.7. The topological polar surface area (TPSA) is 57.7 Å². The third kappa shape index (κ3) is 2.39. The number of carbonyl (C=O) groups excluding carboxylic acids is 1. The molecule has 5 nitrogen and oxygen atoms in total. The Kier molecular flexibility index (Phi) is 3.61. The molecule has 122 valence electrons. The van der Waals surface area contributed by atoms with Crippen LogP contribution < -0.4 is 14.2 Å². The molecule has 1 aliphatic heterocycles. The first kappa shape index (κ1) is 15.0. The highest BCUT2D eigenvalue weighted by Gasteiger charge is 2.34. The molecule has 0 amide bonds. The number of thiazole rings is 1. The number of carbonyl (C=O) groups is 1. The molecule has 24 heavy (non-hydrogen) atoms. The number of hydrogen-bond donors (Lipinski definition) is 0. The molecule has 2 aromatic carbocycles. The normalized spacial score (nSPS) is 16.6. The van der Waals surface area contributed by atoms with Crippen molar-refractivity contribution in [1.82, 2.24) is 4.98 Å². The first-order valence-corrected chi connectivity index (χ1v) is 8.33. The first-order valence-electron chi connectivity index (χ1n) is 7.51. The van der Waals surface area contributed by atoms with E-state index in [-0.39, 0.29) is 18.3 Å². The minimum absolute atomic E-state index is 0.181. The van der Waals surface area contributed by atoms with Crippen LogP contribution in [0.25, 0.3) is 10.2 Å². The fourth-order valence-corrected chi connectivity index (χ4v) is 4.05. The van der Waals surface area contributed by atoms with E-state index in [4.69, 9.17) is 19.2 Å². The molecule has 2 heterocycles. The van der Waals surface area contributed by atoms with Crippen molar-refractivity contribution in [3.63, 3.8) is 0 Å². The van der Waals surface area contributed by atoms with Gasteiger partial charge in [0.15, 0.2) is 0 Å². The van der Waals surface area contributed by atoms with Crippen LogP contribution in [-0.2, 0) is 4.79 Å². The molecule has 0 radical (unpaired) electrons. The molecule has 4 rings (SSSR count). The number of aromatic nitrogens is 1. The van der Waals surface area contributed by atoms with Crippen LogP contribution in [0.1, 0.15) is 22.9 Å². The molecule has 0 aliphatic carbocycles. The van der Waals surface area contributed by atoms with Crippen molar-refractivity contribution in [1.29, 1.82) is 0 Å². The van der Waals surface area contributed by atoms with Gasteiger partial charge in [-0.1, -0.05) is 12.1 Å². The summed E-state index contributed by atoms with van der Waals surface area (Å²) in [6, 6.07) is 11.5. The Bertz CT molecular complexity index is 901. The molecule has 3 aromatic rings. The predicted octanol–water partition coefficient (Wildman–Crippen LogP) is 3.75. The van der Waals surface area contributed by atoms with Gasteiger partial charge in [-0.15, -0.1) is 11.3 Å². The molecular weight excluding hydrogens is 326 g/mol. The van der Waals surface area contributed by atoms with E-state index in [1.165, 1.54) is 0 Å². The van der Waals surface area contributed by atoms with Crippen molar-refractivity contribution < 1.29 is 19.0 Å². The van der Waals surface area contributed by atoms with Gasteiger partial charge in [0.25, 0.3) is 0 Å². The van der Waals surface area contributed by atoms with E-state index < -0.39 is 0 Å². The molecule has 0 saturated carbocycles. The Morgan fingerprint density at radius 2 is 2.04 bits per heavy atom. The summed E-state index contributed by atoms with van der Waals surface area (Å²) in [5.74, 6) is 1.25. The van der Waals surface area contributed by atoms with Gasteiger partial charge in [-0.3, -0.25) is 4.79 Å². The van der Waals surface area contributed by atoms with Gasteiger partial charge >= 0.3 is 5.97 Å². The van der Waals surface area contributed by atoms with Crippen LogP contribution in [0.2, 0.25) is 0 Å². The fourth-order valence-electron chi connectivity index (χ4n) is 2.97. The van der Waals surface area contributed by atoms with Crippen LogP contribution in [-0.4, -0.2) is 25.2 Å². The largest absolute Gasteiger partial charge is 0.496 e. The summed E-state index contributed by atoms with van der Waals surface area (Å²) in [5, 5.41) is 0.887. The van der Waals surface area contributed by atoms with E-state index in [0.29, 0.717) is 17.2 Å². The molecule has 0 N–H and O–H groups in total. The monoisotopic (exact) mass is 341 g/mol. The third-order valence-corrected chi connectivity index (χ3v) is 5.23. The van der Waals surface area contributed by atoms with Gasteiger partial charge in [0, 0.05) is 17.7 Å². The number of ether oxygens (including phenoxy) is 3. The number of para-hydroxylation sites is 1. The molecule has 1 atom stereocenters. The predicted molar refractivity (Wildman–Crippen MR) is 91.3 cm³/mol. The Hall–Kier alpha value is -2.60. The molecule has 0 fully saturated rings. The van der Waals surface area contributed by atoms with Crippen LogP contribution in [0, 0.1) is 0 Å². The molecular formula is C18H15NO4S. The van der Waals surface area contributed by atoms with E-state index in [1.54, 1.807) is 37.7 Å². The van der Waals surface area contributed by atoms with Gasteiger partial charge in [0.2, 0.25) is 0 Å². The van der Waals surface area contributed by atoms with Gasteiger partial charge in [0.1, 0.15) is 22.3 Å². The van der Waals surface area contributed by atoms with Crippen molar-refractivity contribution in [2.75, 3.05) is 14.2 Å². The second kappa shape index (κ2) is 5.79. The van der Waals surface area contributed by atoms with Crippen LogP contribution in [0.3, 0.4) is 0 Å². The number of rotatable bonds is 3. The maximum Gasteiger partial charge on any atom is 0.312 e. The minimum atomic E-state index is -0.276. The maximum atomic E-state index is 12.1. The van der Waals surface area contributed by atoms with Gasteiger partial charge in [-0.2, -0.15) is 0 Å². The molecule has 0 spiro atoms. The number of methoxy groups -OCH3 is 2. The Labute approximate surface area is 142 Å². The lowest BCUT2D eigenvalue weighted by molar-refractivity contribution is -0.135. The fraction of sp³-hybridized carbons (Fsp3) is 0.222. The highest BCUT2D eigenvalue weighted by atomic mass is 32.1. The summed E-state index contributed by atoms with van der Waals surface area (Å²) in [6.45, 7) is 0. The van der Waals surface area contributed by atoms with Crippen molar-refractivity contribution >= 4 is 27.5 Å². The lowest BCUT2D eigenvalue weighted by atomic mass is 9.92. The minimum Gasteiger partial charge on any atom is -0.496 e.